The molecule has 18 heavy (non-hydrogen) atoms. The predicted octanol–water partition coefficient (Wildman–Crippen LogP) is 1.78. The van der Waals surface area contributed by atoms with E-state index in [2.05, 4.69) is 5.32 Å². The lowest BCUT2D eigenvalue weighted by Gasteiger charge is -2.11. The second-order valence-electron chi connectivity index (χ2n) is 3.92. The fourth-order valence-corrected chi connectivity index (χ4v) is 1.40. The molecule has 0 aliphatic heterocycles. The molecule has 3 N–H and O–H groups in total. The zero-order valence-corrected chi connectivity index (χ0v) is 10.9. The van der Waals surface area contributed by atoms with Gasteiger partial charge in [0, 0.05) is 19.0 Å². The van der Waals surface area contributed by atoms with Gasteiger partial charge in [-0.3, -0.25) is 4.79 Å². The number of nitrogens with two attached hydrogens (primary N) is 1. The van der Waals surface area contributed by atoms with Gasteiger partial charge in [0.05, 0.1) is 0 Å². The molecule has 1 aromatic rings. The van der Waals surface area contributed by atoms with Gasteiger partial charge in [-0.2, -0.15) is 0 Å². The lowest BCUT2D eigenvalue weighted by atomic mass is 10.1. The summed E-state index contributed by atoms with van der Waals surface area (Å²) in [7, 11) is 0. The van der Waals surface area contributed by atoms with Gasteiger partial charge in [-0.05, 0) is 25.0 Å². The van der Waals surface area contributed by atoms with Crippen molar-refractivity contribution in [2.75, 3.05) is 6.54 Å². The molecule has 1 amide bonds. The van der Waals surface area contributed by atoms with Gasteiger partial charge in [0.1, 0.15) is 0 Å². The second-order valence-corrected chi connectivity index (χ2v) is 3.92. The molecule has 0 fully saturated rings. The predicted molar refractivity (Wildman–Crippen MR) is 68.6 cm³/mol. The molecule has 0 heterocycles. The molecule has 1 aromatic carbocycles. The first-order chi connectivity index (χ1) is 8.04. The van der Waals surface area contributed by atoms with Gasteiger partial charge in [-0.15, -0.1) is 12.4 Å². The molecular weight excluding hydrogens is 262 g/mol. The number of aryl methyl sites for hydroxylation is 1. The van der Waals surface area contributed by atoms with Crippen LogP contribution in [0.3, 0.4) is 0 Å². The van der Waals surface area contributed by atoms with Gasteiger partial charge < -0.3 is 11.1 Å². The SMILES string of the molecule is C[C@@H](CN)NC(=O)CCc1cccc(F)c1F.Cl. The van der Waals surface area contributed by atoms with E-state index in [9.17, 15) is 13.6 Å². The van der Waals surface area contributed by atoms with Crippen LogP contribution in [0.5, 0.6) is 0 Å². The molecule has 0 aliphatic rings. The maximum Gasteiger partial charge on any atom is 0.220 e. The van der Waals surface area contributed by atoms with Gasteiger partial charge in [-0.25, -0.2) is 8.78 Å². The standard InChI is InChI=1S/C12H16F2N2O.ClH/c1-8(7-15)16-11(17)6-5-9-3-2-4-10(13)12(9)14;/h2-4,8H,5-7,15H2,1H3,(H,16,17);1H/t8-;/m0./s1. The van der Waals surface area contributed by atoms with Crippen molar-refractivity contribution in [3.8, 4) is 0 Å². The van der Waals surface area contributed by atoms with Crippen molar-refractivity contribution in [2.45, 2.75) is 25.8 Å². The number of carbonyl (C=O) groups is 1. The third kappa shape index (κ3) is 4.98. The van der Waals surface area contributed by atoms with Crippen molar-refractivity contribution in [3.63, 3.8) is 0 Å². The van der Waals surface area contributed by atoms with Crippen molar-refractivity contribution >= 4 is 18.3 Å². The van der Waals surface area contributed by atoms with E-state index in [0.29, 0.717) is 6.54 Å². The smallest absolute Gasteiger partial charge is 0.220 e. The van der Waals surface area contributed by atoms with E-state index in [1.54, 1.807) is 6.92 Å². The highest BCUT2D eigenvalue weighted by Gasteiger charge is 2.10. The Labute approximate surface area is 111 Å². The van der Waals surface area contributed by atoms with Crippen LogP contribution in [0.1, 0.15) is 18.9 Å². The number of hydrogen-bond donors (Lipinski definition) is 2. The van der Waals surface area contributed by atoms with Gasteiger partial charge in [0.15, 0.2) is 11.6 Å². The summed E-state index contributed by atoms with van der Waals surface area (Å²) < 4.78 is 26.1. The Hall–Kier alpha value is -1.20. The number of rotatable bonds is 5. The minimum absolute atomic E-state index is 0. The highest BCUT2D eigenvalue weighted by Crippen LogP contribution is 2.12. The van der Waals surface area contributed by atoms with E-state index in [-0.39, 0.29) is 42.8 Å². The minimum Gasteiger partial charge on any atom is -0.352 e. The lowest BCUT2D eigenvalue weighted by molar-refractivity contribution is -0.121. The first-order valence-electron chi connectivity index (χ1n) is 5.47. The Bertz CT molecular complexity index is 402. The monoisotopic (exact) mass is 278 g/mol. The molecule has 0 aromatic heterocycles. The minimum atomic E-state index is -0.891. The molecule has 1 atom stereocenters. The number of amides is 1. The van der Waals surface area contributed by atoms with Gasteiger partial charge in [-0.1, -0.05) is 12.1 Å². The number of benzene rings is 1. The van der Waals surface area contributed by atoms with Crippen LogP contribution < -0.4 is 11.1 Å². The number of hydrogen-bond acceptors (Lipinski definition) is 2. The zero-order valence-electron chi connectivity index (χ0n) is 10.1. The average Bonchev–Trinajstić information content (AvgIpc) is 2.31. The third-order valence-corrected chi connectivity index (χ3v) is 2.41. The molecule has 0 spiro atoms. The van der Waals surface area contributed by atoms with Crippen molar-refractivity contribution in [1.82, 2.24) is 5.32 Å². The maximum absolute atomic E-state index is 13.3. The van der Waals surface area contributed by atoms with Crippen LogP contribution in [-0.4, -0.2) is 18.5 Å². The molecule has 1 rings (SSSR count). The summed E-state index contributed by atoms with van der Waals surface area (Å²) in [5.41, 5.74) is 5.56. The molecule has 102 valence electrons. The van der Waals surface area contributed by atoms with E-state index >= 15 is 0 Å². The molecule has 3 nitrogen and oxygen atoms in total. The Kier molecular flexibility index (Phi) is 7.47. The maximum atomic E-state index is 13.3. The highest BCUT2D eigenvalue weighted by molar-refractivity contribution is 5.85. The third-order valence-electron chi connectivity index (χ3n) is 2.41. The van der Waals surface area contributed by atoms with Crippen LogP contribution in [0.25, 0.3) is 0 Å². The first kappa shape index (κ1) is 16.8. The topological polar surface area (TPSA) is 55.1 Å². The summed E-state index contributed by atoms with van der Waals surface area (Å²) in [4.78, 5) is 11.4. The molecule has 0 radical (unpaired) electrons. The normalized spacial score (nSPS) is 11.6. The summed E-state index contributed by atoms with van der Waals surface area (Å²) in [6.45, 7) is 2.13. The molecule has 0 saturated carbocycles. The van der Waals surface area contributed by atoms with Crippen LogP contribution >= 0.6 is 12.4 Å². The summed E-state index contributed by atoms with van der Waals surface area (Å²) in [6.07, 6.45) is 0.289. The molecular formula is C12H17ClF2N2O. The van der Waals surface area contributed by atoms with Crippen LogP contribution in [0.2, 0.25) is 0 Å². The second kappa shape index (κ2) is 8.00. The largest absolute Gasteiger partial charge is 0.352 e. The van der Waals surface area contributed by atoms with E-state index in [0.717, 1.165) is 6.07 Å². The van der Waals surface area contributed by atoms with Crippen LogP contribution in [0.4, 0.5) is 8.78 Å². The molecule has 0 aliphatic carbocycles. The quantitative estimate of drug-likeness (QED) is 0.863. The number of nitrogens with one attached hydrogen (secondary N) is 1. The van der Waals surface area contributed by atoms with Crippen molar-refractivity contribution in [2.24, 2.45) is 5.73 Å². The van der Waals surface area contributed by atoms with Crippen LogP contribution in [0.15, 0.2) is 18.2 Å². The van der Waals surface area contributed by atoms with Crippen LogP contribution in [0, 0.1) is 11.6 Å². The molecule has 6 heteroatoms. The van der Waals surface area contributed by atoms with E-state index in [1.807, 2.05) is 0 Å². The van der Waals surface area contributed by atoms with Crippen molar-refractivity contribution in [1.29, 1.82) is 0 Å². The van der Waals surface area contributed by atoms with E-state index < -0.39 is 11.6 Å². The fraction of sp³-hybridized carbons (Fsp3) is 0.417. The Balaban J connectivity index is 0.00000289. The highest BCUT2D eigenvalue weighted by atomic mass is 35.5. The fourth-order valence-electron chi connectivity index (χ4n) is 1.40. The Morgan fingerprint density at radius 2 is 2.11 bits per heavy atom. The van der Waals surface area contributed by atoms with Gasteiger partial charge >= 0.3 is 0 Å². The van der Waals surface area contributed by atoms with Crippen molar-refractivity contribution < 1.29 is 13.6 Å². The first-order valence-corrected chi connectivity index (χ1v) is 5.47. The summed E-state index contributed by atoms with van der Waals surface area (Å²) >= 11 is 0. The van der Waals surface area contributed by atoms with Crippen LogP contribution in [-0.2, 0) is 11.2 Å². The average molecular weight is 279 g/mol. The number of halogens is 3. The number of carbonyl (C=O) groups excluding carboxylic acids is 1. The lowest BCUT2D eigenvalue weighted by Crippen LogP contribution is -2.37. The Morgan fingerprint density at radius 1 is 1.44 bits per heavy atom. The Morgan fingerprint density at radius 3 is 2.72 bits per heavy atom. The van der Waals surface area contributed by atoms with Crippen molar-refractivity contribution in [3.05, 3.63) is 35.4 Å². The molecule has 0 unspecified atom stereocenters. The van der Waals surface area contributed by atoms with Gasteiger partial charge in [0.2, 0.25) is 5.91 Å². The summed E-state index contributed by atoms with van der Waals surface area (Å²) in [6, 6.07) is 3.83. The molecule has 0 saturated heterocycles. The van der Waals surface area contributed by atoms with E-state index in [1.165, 1.54) is 12.1 Å². The molecule has 0 bridgehead atoms. The van der Waals surface area contributed by atoms with E-state index in [4.69, 9.17) is 5.73 Å². The van der Waals surface area contributed by atoms with Gasteiger partial charge in [0.25, 0.3) is 0 Å². The summed E-state index contributed by atoms with van der Waals surface area (Å²) in [5, 5.41) is 2.65. The summed E-state index contributed by atoms with van der Waals surface area (Å²) in [5.74, 6) is -1.99. The zero-order chi connectivity index (χ0) is 12.8.